The number of hydrazine groups is 1. The highest BCUT2D eigenvalue weighted by molar-refractivity contribution is 7.93. The minimum atomic E-state index is -3.78. The molecule has 1 amide bonds. The lowest BCUT2D eigenvalue weighted by molar-refractivity contribution is -0.117. The van der Waals surface area contributed by atoms with Crippen molar-refractivity contribution in [3.8, 4) is 17.2 Å². The maximum Gasteiger partial charge on any atom is 0.250 e. The summed E-state index contributed by atoms with van der Waals surface area (Å²) >= 11 is 0. The smallest absolute Gasteiger partial charge is 0.250 e. The van der Waals surface area contributed by atoms with Gasteiger partial charge in [0, 0.05) is 23.9 Å². The summed E-state index contributed by atoms with van der Waals surface area (Å²) in [5.41, 5.74) is 6.32. The van der Waals surface area contributed by atoms with Gasteiger partial charge in [-0.1, -0.05) is 0 Å². The van der Waals surface area contributed by atoms with Gasteiger partial charge >= 0.3 is 0 Å². The molecule has 1 aliphatic heterocycles. The van der Waals surface area contributed by atoms with Crippen molar-refractivity contribution in [1.29, 1.82) is 0 Å². The highest BCUT2D eigenvalue weighted by atomic mass is 32.2. The maximum atomic E-state index is 12.7. The zero-order chi connectivity index (χ0) is 22.4. The first kappa shape index (κ1) is 22.7. The zero-order valence-electron chi connectivity index (χ0n) is 17.5. The summed E-state index contributed by atoms with van der Waals surface area (Å²) in [5, 5.41) is 1.76. The van der Waals surface area contributed by atoms with Crippen LogP contribution in [0.25, 0.3) is 0 Å². The van der Waals surface area contributed by atoms with Crippen LogP contribution in [0.1, 0.15) is 13.3 Å². The molecule has 2 atom stereocenters. The second kappa shape index (κ2) is 9.86. The number of carbonyl (C=O) groups excluding carboxylic acids is 1. The molecule has 0 saturated carbocycles. The summed E-state index contributed by atoms with van der Waals surface area (Å²) in [4.78, 5) is 12.6. The van der Waals surface area contributed by atoms with Crippen molar-refractivity contribution in [3.05, 3.63) is 42.5 Å². The lowest BCUT2D eigenvalue weighted by Gasteiger charge is -2.14. The number of hydrogen-bond acceptors (Lipinski definition) is 8. The molecular formula is C20H26N4O6S. The van der Waals surface area contributed by atoms with E-state index >= 15 is 0 Å². The molecule has 1 fully saturated rings. The minimum Gasteiger partial charge on any atom is -0.494 e. The first-order chi connectivity index (χ1) is 14.9. The molecule has 11 heteroatoms. The molecule has 2 aromatic rings. The van der Waals surface area contributed by atoms with Crippen molar-refractivity contribution in [2.75, 3.05) is 30.9 Å². The number of methoxy groups -OCH3 is 2. The Morgan fingerprint density at radius 3 is 2.35 bits per heavy atom. The van der Waals surface area contributed by atoms with Crippen LogP contribution < -0.4 is 35.1 Å². The van der Waals surface area contributed by atoms with E-state index in [0.717, 1.165) is 0 Å². The molecular weight excluding hydrogens is 424 g/mol. The zero-order valence-corrected chi connectivity index (χ0v) is 18.3. The van der Waals surface area contributed by atoms with Gasteiger partial charge in [0.15, 0.2) is 11.5 Å². The molecule has 0 bridgehead atoms. The second-order valence-electron chi connectivity index (χ2n) is 6.73. The lowest BCUT2D eigenvalue weighted by Crippen LogP contribution is -2.42. The highest BCUT2D eigenvalue weighted by Crippen LogP contribution is 2.30. The van der Waals surface area contributed by atoms with E-state index in [4.69, 9.17) is 14.2 Å². The van der Waals surface area contributed by atoms with Gasteiger partial charge in [0.05, 0.1) is 20.8 Å². The van der Waals surface area contributed by atoms with E-state index < -0.39 is 21.4 Å². The molecule has 1 heterocycles. The number of rotatable bonds is 9. The summed E-state index contributed by atoms with van der Waals surface area (Å²) in [7, 11) is -0.759. The van der Waals surface area contributed by atoms with Gasteiger partial charge in [-0.15, -0.1) is 0 Å². The number of amides is 1. The number of nitrogens with one attached hydrogen (secondary N) is 4. The molecule has 4 N–H and O–H groups in total. The monoisotopic (exact) mass is 450 g/mol. The highest BCUT2D eigenvalue weighted by Gasteiger charge is 2.37. The third-order valence-electron chi connectivity index (χ3n) is 4.64. The average molecular weight is 451 g/mol. The minimum absolute atomic E-state index is 0.0471. The summed E-state index contributed by atoms with van der Waals surface area (Å²) in [6, 6.07) is 10.8. The number of anilines is 2. The van der Waals surface area contributed by atoms with Crippen molar-refractivity contribution < 1.29 is 27.4 Å². The topological polar surface area (TPSA) is 127 Å². The van der Waals surface area contributed by atoms with Crippen LogP contribution in [0.3, 0.4) is 0 Å². The number of benzene rings is 2. The Bertz CT molecular complexity index is 1010. The van der Waals surface area contributed by atoms with Gasteiger partial charge < -0.3 is 19.5 Å². The number of hydrogen-bond donors (Lipinski definition) is 4. The van der Waals surface area contributed by atoms with E-state index in [0.29, 0.717) is 35.2 Å². The normalized spacial score (nSPS) is 18.3. The molecule has 2 unspecified atom stereocenters. The van der Waals surface area contributed by atoms with E-state index in [1.54, 1.807) is 42.5 Å². The van der Waals surface area contributed by atoms with Gasteiger partial charge in [-0.05, 0) is 43.3 Å². The van der Waals surface area contributed by atoms with Gasteiger partial charge in [-0.2, -0.15) is 0 Å². The van der Waals surface area contributed by atoms with Crippen LogP contribution in [0.5, 0.6) is 17.2 Å². The predicted octanol–water partition coefficient (Wildman–Crippen LogP) is 1.68. The van der Waals surface area contributed by atoms with Gasteiger partial charge in [-0.3, -0.25) is 9.52 Å². The van der Waals surface area contributed by atoms with E-state index in [-0.39, 0.29) is 12.3 Å². The average Bonchev–Trinajstić information content (AvgIpc) is 3.27. The SMILES string of the molecule is CCOc1ccc(NS(=O)(=O)C2CC(C(=O)Nc3ccc(OC)c(OC)c3)NN2)cc1. The molecule has 2 aromatic carbocycles. The van der Waals surface area contributed by atoms with Gasteiger partial charge in [0.25, 0.3) is 0 Å². The van der Waals surface area contributed by atoms with Crippen molar-refractivity contribution >= 4 is 27.3 Å². The maximum absolute atomic E-state index is 12.7. The van der Waals surface area contributed by atoms with Crippen LogP contribution in [-0.4, -0.2) is 46.6 Å². The Morgan fingerprint density at radius 1 is 1.03 bits per heavy atom. The van der Waals surface area contributed by atoms with Crippen LogP contribution in [0.2, 0.25) is 0 Å². The standard InChI is InChI=1S/C20H26N4O6S/c1-4-30-15-8-5-13(6-9-15)24-31(26,27)19-12-16(22-23-19)20(25)21-14-7-10-17(28-2)18(11-14)29-3/h5-11,16,19,22-24H,4,12H2,1-3H3,(H,21,25). The molecule has 1 aliphatic rings. The summed E-state index contributed by atoms with van der Waals surface area (Å²) < 4.78 is 43.6. The van der Waals surface area contributed by atoms with E-state index in [1.165, 1.54) is 14.2 Å². The second-order valence-corrected chi connectivity index (χ2v) is 8.59. The number of ether oxygens (including phenoxy) is 3. The molecule has 31 heavy (non-hydrogen) atoms. The number of sulfonamides is 1. The third kappa shape index (κ3) is 5.57. The fourth-order valence-electron chi connectivity index (χ4n) is 3.07. The van der Waals surface area contributed by atoms with E-state index in [2.05, 4.69) is 20.9 Å². The van der Waals surface area contributed by atoms with Gasteiger partial charge in [0.2, 0.25) is 15.9 Å². The summed E-state index contributed by atoms with van der Waals surface area (Å²) in [6.45, 7) is 2.39. The fraction of sp³-hybridized carbons (Fsp3) is 0.350. The molecule has 0 spiro atoms. The largest absolute Gasteiger partial charge is 0.494 e. The van der Waals surface area contributed by atoms with Crippen LogP contribution >= 0.6 is 0 Å². The molecule has 168 valence electrons. The van der Waals surface area contributed by atoms with Crippen molar-refractivity contribution in [1.82, 2.24) is 10.9 Å². The Hall–Kier alpha value is -3.02. The predicted molar refractivity (Wildman–Crippen MR) is 117 cm³/mol. The molecule has 1 saturated heterocycles. The molecule has 3 rings (SSSR count). The Balaban J connectivity index is 1.60. The molecule has 10 nitrogen and oxygen atoms in total. The van der Waals surface area contributed by atoms with Crippen molar-refractivity contribution in [3.63, 3.8) is 0 Å². The quantitative estimate of drug-likeness (QED) is 0.454. The summed E-state index contributed by atoms with van der Waals surface area (Å²) in [5.74, 6) is 1.28. The van der Waals surface area contributed by atoms with Gasteiger partial charge in [-0.25, -0.2) is 19.3 Å². The van der Waals surface area contributed by atoms with Gasteiger partial charge in [0.1, 0.15) is 17.2 Å². The Labute approximate surface area is 181 Å². The molecule has 0 radical (unpaired) electrons. The van der Waals surface area contributed by atoms with Crippen LogP contribution in [-0.2, 0) is 14.8 Å². The fourth-order valence-corrected chi connectivity index (χ4v) is 4.34. The molecule has 0 aromatic heterocycles. The van der Waals surface area contributed by atoms with E-state index in [1.807, 2.05) is 6.92 Å². The van der Waals surface area contributed by atoms with Crippen molar-refractivity contribution in [2.24, 2.45) is 0 Å². The van der Waals surface area contributed by atoms with Crippen LogP contribution in [0.15, 0.2) is 42.5 Å². The third-order valence-corrected chi connectivity index (χ3v) is 6.22. The lowest BCUT2D eigenvalue weighted by atomic mass is 10.2. The molecule has 0 aliphatic carbocycles. The number of carbonyl (C=O) groups is 1. The summed E-state index contributed by atoms with van der Waals surface area (Å²) in [6.07, 6.45) is 0.0471. The van der Waals surface area contributed by atoms with E-state index in [9.17, 15) is 13.2 Å². The Kier molecular flexibility index (Phi) is 7.21. The Morgan fingerprint density at radius 2 is 1.71 bits per heavy atom. The first-order valence-corrected chi connectivity index (χ1v) is 11.2. The van der Waals surface area contributed by atoms with Crippen molar-refractivity contribution in [2.45, 2.75) is 24.8 Å². The van der Waals surface area contributed by atoms with Crippen LogP contribution in [0.4, 0.5) is 11.4 Å². The van der Waals surface area contributed by atoms with Crippen LogP contribution in [0, 0.1) is 0 Å². The first-order valence-electron chi connectivity index (χ1n) is 9.64.